The number of hydrogen-bond donors (Lipinski definition) is 1. The van der Waals surface area contributed by atoms with E-state index < -0.39 is 0 Å². The number of thioether (sulfide) groups is 1. The fourth-order valence-electron chi connectivity index (χ4n) is 3.44. The summed E-state index contributed by atoms with van der Waals surface area (Å²) in [7, 11) is 1.89. The molecule has 2 aliphatic rings. The van der Waals surface area contributed by atoms with E-state index in [0.29, 0.717) is 10.7 Å². The second-order valence-corrected chi connectivity index (χ2v) is 8.12. The van der Waals surface area contributed by atoms with Crippen LogP contribution in [0.4, 0.5) is 0 Å². The topological polar surface area (TPSA) is 46.1 Å². The lowest BCUT2D eigenvalue weighted by molar-refractivity contribution is 0.0780. The summed E-state index contributed by atoms with van der Waals surface area (Å²) in [5, 5.41) is 3.64. The van der Waals surface area contributed by atoms with Gasteiger partial charge in [-0.2, -0.15) is 11.8 Å². The quantitative estimate of drug-likeness (QED) is 0.567. The Balaban J connectivity index is 1.84. The highest BCUT2D eigenvalue weighted by Gasteiger charge is 2.33. The van der Waals surface area contributed by atoms with E-state index in [4.69, 9.17) is 9.47 Å². The van der Waals surface area contributed by atoms with Crippen LogP contribution in [0.25, 0.3) is 0 Å². The minimum Gasteiger partial charge on any atom is -0.381 e. The third kappa shape index (κ3) is 5.54. The molecule has 0 aromatic rings. The van der Waals surface area contributed by atoms with Crippen molar-refractivity contribution >= 4 is 17.7 Å². The highest BCUT2D eigenvalue weighted by molar-refractivity contribution is 8.00. The smallest absolute Gasteiger partial charge is 0.193 e. The second-order valence-electron chi connectivity index (χ2n) is 6.39. The summed E-state index contributed by atoms with van der Waals surface area (Å²) in [4.78, 5) is 6.89. The van der Waals surface area contributed by atoms with Gasteiger partial charge in [-0.05, 0) is 31.9 Å². The summed E-state index contributed by atoms with van der Waals surface area (Å²) < 4.78 is 11.4. The Hall–Kier alpha value is -0.460. The molecule has 2 saturated heterocycles. The highest BCUT2D eigenvalue weighted by atomic mass is 32.2. The first kappa shape index (κ1) is 18.9. The molecule has 0 spiro atoms. The van der Waals surface area contributed by atoms with Gasteiger partial charge in [-0.3, -0.25) is 4.99 Å². The van der Waals surface area contributed by atoms with Gasteiger partial charge >= 0.3 is 0 Å². The van der Waals surface area contributed by atoms with Crippen molar-refractivity contribution in [3.05, 3.63) is 0 Å². The first-order valence-electron chi connectivity index (χ1n) is 8.98. The Labute approximate surface area is 145 Å². The number of rotatable bonds is 7. The van der Waals surface area contributed by atoms with Gasteiger partial charge in [0.15, 0.2) is 5.96 Å². The summed E-state index contributed by atoms with van der Waals surface area (Å²) in [6.07, 6.45) is 3.45. The molecule has 0 aromatic carbocycles. The van der Waals surface area contributed by atoms with Crippen LogP contribution in [0.1, 0.15) is 33.1 Å². The van der Waals surface area contributed by atoms with Gasteiger partial charge in [0.05, 0.1) is 6.61 Å². The first-order chi connectivity index (χ1) is 11.2. The molecular weight excluding hydrogens is 310 g/mol. The predicted octanol–water partition coefficient (Wildman–Crippen LogP) is 2.22. The van der Waals surface area contributed by atoms with Crippen molar-refractivity contribution in [2.45, 2.75) is 37.9 Å². The van der Waals surface area contributed by atoms with Crippen LogP contribution in [0.15, 0.2) is 4.99 Å². The van der Waals surface area contributed by atoms with E-state index in [2.05, 4.69) is 40.8 Å². The second kappa shape index (κ2) is 9.74. The minimum absolute atomic E-state index is 0.299. The van der Waals surface area contributed by atoms with Gasteiger partial charge in [0.1, 0.15) is 0 Å². The Morgan fingerprint density at radius 3 is 2.83 bits per heavy atom. The first-order valence-corrected chi connectivity index (χ1v) is 9.96. The van der Waals surface area contributed by atoms with Gasteiger partial charge in [-0.1, -0.05) is 6.92 Å². The number of likely N-dealkylation sites (tertiary alicyclic amines) is 1. The van der Waals surface area contributed by atoms with Gasteiger partial charge in [-0.15, -0.1) is 0 Å². The molecule has 5 nitrogen and oxygen atoms in total. The molecule has 2 fully saturated rings. The van der Waals surface area contributed by atoms with Crippen LogP contribution < -0.4 is 5.32 Å². The summed E-state index contributed by atoms with van der Waals surface area (Å²) in [5.74, 6) is 2.84. The fraction of sp³-hybridized carbons (Fsp3) is 0.941. The fourth-order valence-corrected chi connectivity index (χ4v) is 4.68. The zero-order valence-corrected chi connectivity index (χ0v) is 15.8. The van der Waals surface area contributed by atoms with Crippen molar-refractivity contribution in [3.8, 4) is 0 Å². The summed E-state index contributed by atoms with van der Waals surface area (Å²) >= 11 is 2.07. The molecule has 2 aliphatic heterocycles. The minimum atomic E-state index is 0.299. The molecule has 1 unspecified atom stereocenters. The van der Waals surface area contributed by atoms with Gasteiger partial charge in [0.2, 0.25) is 0 Å². The monoisotopic (exact) mass is 343 g/mol. The van der Waals surface area contributed by atoms with E-state index in [1.807, 2.05) is 7.05 Å². The summed E-state index contributed by atoms with van der Waals surface area (Å²) in [6.45, 7) is 10.9. The third-order valence-electron chi connectivity index (χ3n) is 4.78. The van der Waals surface area contributed by atoms with Crippen LogP contribution >= 0.6 is 11.8 Å². The average molecular weight is 344 g/mol. The van der Waals surface area contributed by atoms with Crippen LogP contribution in [0.2, 0.25) is 0 Å². The summed E-state index contributed by atoms with van der Waals surface area (Å²) in [5.41, 5.74) is 0. The maximum Gasteiger partial charge on any atom is 0.193 e. The van der Waals surface area contributed by atoms with Crippen molar-refractivity contribution in [1.29, 1.82) is 0 Å². The van der Waals surface area contributed by atoms with Crippen molar-refractivity contribution in [1.82, 2.24) is 10.2 Å². The molecule has 23 heavy (non-hydrogen) atoms. The predicted molar refractivity (Wildman–Crippen MR) is 98.5 cm³/mol. The van der Waals surface area contributed by atoms with E-state index in [-0.39, 0.29) is 0 Å². The van der Waals surface area contributed by atoms with Gasteiger partial charge in [0.25, 0.3) is 0 Å². The zero-order chi connectivity index (χ0) is 16.5. The van der Waals surface area contributed by atoms with Gasteiger partial charge in [0, 0.05) is 57.2 Å². The maximum absolute atomic E-state index is 5.58. The van der Waals surface area contributed by atoms with E-state index in [0.717, 1.165) is 70.6 Å². The molecule has 0 bridgehead atoms. The Bertz CT molecular complexity index is 367. The van der Waals surface area contributed by atoms with E-state index in [9.17, 15) is 0 Å². The molecule has 0 aromatic heterocycles. The third-order valence-corrected chi connectivity index (χ3v) is 6.23. The molecule has 0 saturated carbocycles. The molecule has 1 atom stereocenters. The largest absolute Gasteiger partial charge is 0.381 e. The molecule has 134 valence electrons. The number of guanidine groups is 1. The molecule has 0 radical (unpaired) electrons. The van der Waals surface area contributed by atoms with Crippen LogP contribution in [-0.4, -0.2) is 74.5 Å². The Morgan fingerprint density at radius 1 is 1.39 bits per heavy atom. The molecule has 1 N–H and O–H groups in total. The number of nitrogens with one attached hydrogen (secondary N) is 1. The molecule has 2 rings (SSSR count). The van der Waals surface area contributed by atoms with Crippen LogP contribution in [0, 0.1) is 5.92 Å². The highest BCUT2D eigenvalue weighted by Crippen LogP contribution is 2.34. The maximum atomic E-state index is 5.58. The standard InChI is InChI=1S/C17H33N3O2S/c1-4-21-13-15-6-9-20(12-15)16(18-3)19-14-17(23-5-2)7-10-22-11-8-17/h15H,4-14H2,1-3H3,(H,18,19). The Kier molecular flexibility index (Phi) is 7.99. The molecule has 2 heterocycles. The lowest BCUT2D eigenvalue weighted by Crippen LogP contribution is -2.49. The Morgan fingerprint density at radius 2 is 2.17 bits per heavy atom. The lowest BCUT2D eigenvalue weighted by Gasteiger charge is -2.37. The van der Waals surface area contributed by atoms with Crippen LogP contribution in [-0.2, 0) is 9.47 Å². The zero-order valence-electron chi connectivity index (χ0n) is 15.0. The SMILES string of the molecule is CCOCC1CCN(C(=NC)NCC2(SCC)CCOCC2)C1. The van der Waals surface area contributed by atoms with E-state index in [1.165, 1.54) is 6.42 Å². The van der Waals surface area contributed by atoms with E-state index >= 15 is 0 Å². The number of hydrogen-bond acceptors (Lipinski definition) is 4. The van der Waals surface area contributed by atoms with Crippen molar-refractivity contribution < 1.29 is 9.47 Å². The summed E-state index contributed by atoms with van der Waals surface area (Å²) in [6, 6.07) is 0. The number of aliphatic imine (C=N–C) groups is 1. The number of nitrogens with zero attached hydrogens (tertiary/aromatic N) is 2. The molecular formula is C17H33N3O2S. The van der Waals surface area contributed by atoms with Crippen LogP contribution in [0.5, 0.6) is 0 Å². The number of ether oxygens (including phenoxy) is 2. The molecule has 0 amide bonds. The molecule has 0 aliphatic carbocycles. The molecule has 6 heteroatoms. The van der Waals surface area contributed by atoms with Crippen molar-refractivity contribution in [2.75, 3.05) is 58.9 Å². The van der Waals surface area contributed by atoms with Gasteiger partial charge < -0.3 is 19.7 Å². The lowest BCUT2D eigenvalue weighted by atomic mass is 9.99. The van der Waals surface area contributed by atoms with Crippen molar-refractivity contribution in [2.24, 2.45) is 10.9 Å². The van der Waals surface area contributed by atoms with Crippen molar-refractivity contribution in [3.63, 3.8) is 0 Å². The average Bonchev–Trinajstić information content (AvgIpc) is 3.03. The van der Waals surface area contributed by atoms with Crippen LogP contribution in [0.3, 0.4) is 0 Å². The van der Waals surface area contributed by atoms with Gasteiger partial charge in [-0.25, -0.2) is 0 Å². The van der Waals surface area contributed by atoms with E-state index in [1.54, 1.807) is 0 Å². The normalized spacial score (nSPS) is 24.9.